The Labute approximate surface area is 198 Å². The fraction of sp³-hybridized carbons (Fsp3) is 0.360. The van der Waals surface area contributed by atoms with Gasteiger partial charge in [-0.05, 0) is 62.4 Å². The van der Waals surface area contributed by atoms with Gasteiger partial charge in [-0.2, -0.15) is 5.10 Å². The number of carbonyl (C=O) groups excluding carboxylic acids is 3. The molecule has 9 heteroatoms. The number of rotatable bonds is 8. The molecule has 1 aliphatic heterocycles. The van der Waals surface area contributed by atoms with Crippen LogP contribution in [0.2, 0.25) is 0 Å². The van der Waals surface area contributed by atoms with E-state index in [1.165, 1.54) is 6.21 Å². The van der Waals surface area contributed by atoms with Gasteiger partial charge >= 0.3 is 11.8 Å². The molecule has 180 valence electrons. The number of anilines is 1. The van der Waals surface area contributed by atoms with Gasteiger partial charge in [0.15, 0.2) is 6.61 Å². The van der Waals surface area contributed by atoms with Crippen LogP contribution in [0.25, 0.3) is 0 Å². The van der Waals surface area contributed by atoms with Gasteiger partial charge in [0.05, 0.1) is 12.3 Å². The van der Waals surface area contributed by atoms with Crippen molar-refractivity contribution in [2.24, 2.45) is 5.10 Å². The maximum absolute atomic E-state index is 12.4. The summed E-state index contributed by atoms with van der Waals surface area (Å²) in [4.78, 5) is 36.0. The summed E-state index contributed by atoms with van der Waals surface area (Å²) in [6, 6.07) is 10.9. The number of hydrogen-bond acceptors (Lipinski definition) is 6. The van der Waals surface area contributed by atoms with Crippen molar-refractivity contribution in [3.63, 3.8) is 0 Å². The normalized spacial score (nSPS) is 15.2. The molecule has 2 aromatic carbocycles. The van der Waals surface area contributed by atoms with E-state index in [0.29, 0.717) is 24.5 Å². The van der Waals surface area contributed by atoms with Crippen LogP contribution in [0.1, 0.15) is 35.1 Å². The van der Waals surface area contributed by atoms with Crippen molar-refractivity contribution in [3.05, 3.63) is 58.7 Å². The Morgan fingerprint density at radius 3 is 2.59 bits per heavy atom. The van der Waals surface area contributed by atoms with Gasteiger partial charge in [0, 0.05) is 18.8 Å². The summed E-state index contributed by atoms with van der Waals surface area (Å²) in [5, 5.41) is 9.23. The number of ether oxygens (including phenoxy) is 2. The zero-order valence-electron chi connectivity index (χ0n) is 19.6. The minimum Gasteiger partial charge on any atom is -0.484 e. The molecule has 1 atom stereocenters. The Morgan fingerprint density at radius 2 is 1.88 bits per heavy atom. The Morgan fingerprint density at radius 1 is 1.12 bits per heavy atom. The van der Waals surface area contributed by atoms with Crippen LogP contribution < -0.4 is 20.8 Å². The first kappa shape index (κ1) is 24.9. The summed E-state index contributed by atoms with van der Waals surface area (Å²) < 4.78 is 11.0. The van der Waals surface area contributed by atoms with Crippen molar-refractivity contribution in [3.8, 4) is 5.75 Å². The van der Waals surface area contributed by atoms with Gasteiger partial charge in [0.25, 0.3) is 5.91 Å². The van der Waals surface area contributed by atoms with E-state index in [0.717, 1.165) is 35.2 Å². The van der Waals surface area contributed by atoms with Crippen LogP contribution in [0.3, 0.4) is 0 Å². The Kier molecular flexibility index (Phi) is 8.75. The van der Waals surface area contributed by atoms with Crippen molar-refractivity contribution in [2.45, 2.75) is 39.7 Å². The van der Waals surface area contributed by atoms with E-state index >= 15 is 0 Å². The second kappa shape index (κ2) is 11.9. The molecule has 3 rings (SSSR count). The van der Waals surface area contributed by atoms with Crippen LogP contribution >= 0.6 is 0 Å². The molecule has 3 N–H and O–H groups in total. The number of aryl methyl sites for hydroxylation is 3. The van der Waals surface area contributed by atoms with E-state index in [1.807, 2.05) is 32.9 Å². The van der Waals surface area contributed by atoms with Gasteiger partial charge in [-0.3, -0.25) is 14.4 Å². The molecule has 34 heavy (non-hydrogen) atoms. The molecule has 0 radical (unpaired) electrons. The van der Waals surface area contributed by atoms with Crippen molar-refractivity contribution in [1.29, 1.82) is 0 Å². The van der Waals surface area contributed by atoms with Gasteiger partial charge in [0.1, 0.15) is 5.75 Å². The number of hydrogen-bond donors (Lipinski definition) is 3. The van der Waals surface area contributed by atoms with Crippen molar-refractivity contribution >= 4 is 29.6 Å². The molecule has 0 bridgehead atoms. The molecule has 0 unspecified atom stereocenters. The smallest absolute Gasteiger partial charge is 0.329 e. The van der Waals surface area contributed by atoms with Crippen LogP contribution in [-0.2, 0) is 19.1 Å². The summed E-state index contributed by atoms with van der Waals surface area (Å²) >= 11 is 0. The summed E-state index contributed by atoms with van der Waals surface area (Å²) in [7, 11) is 0. The number of carbonyl (C=O) groups is 3. The summed E-state index contributed by atoms with van der Waals surface area (Å²) in [5.74, 6) is -1.43. The first-order chi connectivity index (χ1) is 16.3. The van der Waals surface area contributed by atoms with E-state index < -0.39 is 11.8 Å². The predicted octanol–water partition coefficient (Wildman–Crippen LogP) is 2.37. The first-order valence-corrected chi connectivity index (χ1v) is 11.1. The minimum absolute atomic E-state index is 0.0463. The number of benzene rings is 2. The van der Waals surface area contributed by atoms with Gasteiger partial charge in [0.2, 0.25) is 0 Å². The molecule has 9 nitrogen and oxygen atoms in total. The lowest BCUT2D eigenvalue weighted by molar-refractivity contribution is -0.139. The topological polar surface area (TPSA) is 118 Å². The molecule has 1 aliphatic rings. The first-order valence-electron chi connectivity index (χ1n) is 11.1. The second-order valence-corrected chi connectivity index (χ2v) is 8.23. The second-order valence-electron chi connectivity index (χ2n) is 8.23. The number of nitrogens with one attached hydrogen (secondary N) is 3. The van der Waals surface area contributed by atoms with Gasteiger partial charge in [-0.25, -0.2) is 5.43 Å². The summed E-state index contributed by atoms with van der Waals surface area (Å²) in [6.45, 7) is 6.73. The van der Waals surface area contributed by atoms with E-state index in [2.05, 4.69) is 21.2 Å². The van der Waals surface area contributed by atoms with E-state index in [1.54, 1.807) is 24.3 Å². The molecule has 1 saturated heterocycles. The average Bonchev–Trinajstić information content (AvgIpc) is 3.32. The summed E-state index contributed by atoms with van der Waals surface area (Å²) in [5.41, 5.74) is 6.73. The third-order valence-electron chi connectivity index (χ3n) is 5.27. The Bertz CT molecular complexity index is 1050. The lowest BCUT2D eigenvalue weighted by atomic mass is 10.1. The van der Waals surface area contributed by atoms with Crippen molar-refractivity contribution in [2.75, 3.05) is 25.1 Å². The molecule has 0 aromatic heterocycles. The average molecular weight is 467 g/mol. The number of hydrazone groups is 1. The molecular formula is C25H30N4O5. The molecule has 1 fully saturated rings. The standard InChI is InChI=1S/C25H30N4O5/c1-16-10-17(2)23(18(3)11-16)28-22(30)15-34-20-7-4-6-19(12-20)13-27-29-25(32)24(31)26-14-21-8-5-9-33-21/h4,6-7,10-13,21H,5,8-9,14-15H2,1-3H3,(H,26,31)(H,28,30)(H,29,32)/b27-13-/t21-/m1/s1. The highest BCUT2D eigenvalue weighted by Gasteiger charge is 2.19. The molecule has 0 spiro atoms. The third-order valence-corrected chi connectivity index (χ3v) is 5.27. The van der Waals surface area contributed by atoms with E-state index in [9.17, 15) is 14.4 Å². The Hall–Kier alpha value is -3.72. The third kappa shape index (κ3) is 7.41. The SMILES string of the molecule is Cc1cc(C)c(NC(=O)COc2cccc(/C=N\NC(=O)C(=O)NC[C@H]3CCCO3)c2)c(C)c1. The molecule has 1 heterocycles. The Balaban J connectivity index is 1.45. The monoisotopic (exact) mass is 466 g/mol. The van der Waals surface area contributed by atoms with Crippen LogP contribution in [0.4, 0.5) is 5.69 Å². The molecule has 0 saturated carbocycles. The maximum Gasteiger partial charge on any atom is 0.329 e. The zero-order valence-corrected chi connectivity index (χ0v) is 19.6. The summed E-state index contributed by atoms with van der Waals surface area (Å²) in [6.07, 6.45) is 3.16. The van der Waals surface area contributed by atoms with E-state index in [4.69, 9.17) is 9.47 Å². The fourth-order valence-electron chi connectivity index (χ4n) is 3.69. The predicted molar refractivity (Wildman–Crippen MR) is 129 cm³/mol. The van der Waals surface area contributed by atoms with Crippen LogP contribution in [0.15, 0.2) is 41.5 Å². The van der Waals surface area contributed by atoms with Gasteiger partial charge in [-0.15, -0.1) is 0 Å². The lowest BCUT2D eigenvalue weighted by Crippen LogP contribution is -2.41. The molecule has 0 aliphatic carbocycles. The van der Waals surface area contributed by atoms with Crippen LogP contribution in [0.5, 0.6) is 5.75 Å². The number of amides is 3. The van der Waals surface area contributed by atoms with Crippen molar-refractivity contribution in [1.82, 2.24) is 10.7 Å². The van der Waals surface area contributed by atoms with Crippen LogP contribution in [-0.4, -0.2) is 49.8 Å². The van der Waals surface area contributed by atoms with Gasteiger partial charge < -0.3 is 20.1 Å². The minimum atomic E-state index is -0.861. The largest absolute Gasteiger partial charge is 0.484 e. The van der Waals surface area contributed by atoms with Crippen molar-refractivity contribution < 1.29 is 23.9 Å². The zero-order chi connectivity index (χ0) is 24.5. The molecular weight excluding hydrogens is 436 g/mol. The van der Waals surface area contributed by atoms with Crippen LogP contribution in [0, 0.1) is 20.8 Å². The number of nitrogens with zero attached hydrogens (tertiary/aromatic N) is 1. The highest BCUT2D eigenvalue weighted by atomic mass is 16.5. The lowest BCUT2D eigenvalue weighted by Gasteiger charge is -2.13. The quantitative estimate of drug-likeness (QED) is 0.314. The highest BCUT2D eigenvalue weighted by molar-refractivity contribution is 6.35. The van der Waals surface area contributed by atoms with E-state index in [-0.39, 0.29) is 18.6 Å². The maximum atomic E-state index is 12.4. The molecule has 2 aromatic rings. The molecule has 3 amide bonds. The highest BCUT2D eigenvalue weighted by Crippen LogP contribution is 2.22. The fourth-order valence-corrected chi connectivity index (χ4v) is 3.69. The van der Waals surface area contributed by atoms with Gasteiger partial charge in [-0.1, -0.05) is 29.8 Å².